The number of aromatic hydroxyl groups is 1. The summed E-state index contributed by atoms with van der Waals surface area (Å²) in [6, 6.07) is 4.84. The molecule has 0 saturated carbocycles. The number of aromatic nitrogens is 4. The van der Waals surface area contributed by atoms with Gasteiger partial charge in [0.15, 0.2) is 0 Å². The van der Waals surface area contributed by atoms with Crippen molar-refractivity contribution >= 4 is 5.91 Å². The molecule has 1 aromatic heterocycles. The van der Waals surface area contributed by atoms with Crippen LogP contribution in [0.1, 0.15) is 50.4 Å². The minimum absolute atomic E-state index is 0.00666. The fourth-order valence-electron chi connectivity index (χ4n) is 3.29. The topological polar surface area (TPSA) is 93.4 Å². The van der Waals surface area contributed by atoms with Gasteiger partial charge in [-0.1, -0.05) is 33.6 Å². The highest BCUT2D eigenvalue weighted by Crippen LogP contribution is 2.26. The van der Waals surface area contributed by atoms with Gasteiger partial charge < -0.3 is 14.7 Å². The highest BCUT2D eigenvalue weighted by molar-refractivity contribution is 5.97. The number of phenolic OH excluding ortho intramolecular Hbond substituents is 1. The molecule has 0 unspecified atom stereocenters. The molecule has 1 amide bonds. The number of rotatable bonds is 6. The van der Waals surface area contributed by atoms with Crippen LogP contribution in [-0.4, -0.2) is 61.4 Å². The lowest BCUT2D eigenvalue weighted by Crippen LogP contribution is -2.51. The number of morpholine rings is 1. The third-order valence-corrected chi connectivity index (χ3v) is 4.93. The molecule has 0 bridgehead atoms. The first-order valence-electron chi connectivity index (χ1n) is 9.50. The molecule has 0 spiro atoms. The maximum absolute atomic E-state index is 13.1. The summed E-state index contributed by atoms with van der Waals surface area (Å²) < 4.78 is 7.61. The summed E-state index contributed by atoms with van der Waals surface area (Å²) >= 11 is 0. The van der Waals surface area contributed by atoms with E-state index in [9.17, 15) is 9.90 Å². The van der Waals surface area contributed by atoms with Gasteiger partial charge in [-0.2, -0.15) is 0 Å². The first kappa shape index (κ1) is 19.3. The summed E-state index contributed by atoms with van der Waals surface area (Å²) in [6.07, 6.45) is 4.59. The molecule has 2 atom stereocenters. The predicted octanol–water partition coefficient (Wildman–Crippen LogP) is 2.42. The minimum atomic E-state index is -0.175. The van der Waals surface area contributed by atoms with Crippen molar-refractivity contribution < 1.29 is 14.6 Å². The van der Waals surface area contributed by atoms with E-state index in [0.29, 0.717) is 24.7 Å². The van der Waals surface area contributed by atoms with Crippen LogP contribution in [0.25, 0.3) is 5.69 Å². The molecule has 146 valence electrons. The van der Waals surface area contributed by atoms with Crippen LogP contribution < -0.4 is 0 Å². The molecule has 8 heteroatoms. The Morgan fingerprint density at radius 3 is 2.81 bits per heavy atom. The Morgan fingerprint density at radius 1 is 1.37 bits per heavy atom. The molecule has 1 aliphatic rings. The van der Waals surface area contributed by atoms with Gasteiger partial charge in [-0.25, -0.2) is 4.68 Å². The second-order valence-corrected chi connectivity index (χ2v) is 7.35. The van der Waals surface area contributed by atoms with Crippen LogP contribution >= 0.6 is 0 Å². The molecule has 0 radical (unpaired) electrons. The van der Waals surface area contributed by atoms with Gasteiger partial charge in [-0.05, 0) is 34.9 Å². The molecule has 0 aliphatic carbocycles. The Kier molecular flexibility index (Phi) is 6.05. The Hall–Kier alpha value is -2.48. The van der Waals surface area contributed by atoms with Crippen molar-refractivity contribution in [2.24, 2.45) is 5.92 Å². The fourth-order valence-corrected chi connectivity index (χ4v) is 3.29. The lowest BCUT2D eigenvalue weighted by molar-refractivity contribution is -0.0963. The summed E-state index contributed by atoms with van der Waals surface area (Å²) in [5.41, 5.74) is 0.877. The van der Waals surface area contributed by atoms with Gasteiger partial charge in [-0.15, -0.1) is 5.10 Å². The number of amides is 1. The molecule has 27 heavy (non-hydrogen) atoms. The Bertz CT molecular complexity index is 763. The molecule has 1 N–H and O–H groups in total. The lowest BCUT2D eigenvalue weighted by Gasteiger charge is -2.40. The van der Waals surface area contributed by atoms with E-state index < -0.39 is 0 Å². The van der Waals surface area contributed by atoms with Crippen LogP contribution in [0.5, 0.6) is 5.75 Å². The third-order valence-electron chi connectivity index (χ3n) is 4.93. The largest absolute Gasteiger partial charge is 0.507 e. The van der Waals surface area contributed by atoms with Crippen LogP contribution in [-0.2, 0) is 4.74 Å². The number of hydrogen-bond donors (Lipinski definition) is 1. The van der Waals surface area contributed by atoms with Crippen molar-refractivity contribution in [3.63, 3.8) is 0 Å². The molecule has 3 rings (SSSR count). The van der Waals surface area contributed by atoms with Crippen molar-refractivity contribution in [1.29, 1.82) is 0 Å². The molecular formula is C19H27N5O3. The van der Waals surface area contributed by atoms with Gasteiger partial charge in [0.05, 0.1) is 23.5 Å². The summed E-state index contributed by atoms with van der Waals surface area (Å²) in [5.74, 6) is 0.0671. The number of carbonyl (C=O) groups excluding carboxylic acids is 1. The summed E-state index contributed by atoms with van der Waals surface area (Å²) in [5, 5.41) is 21.4. The number of hydrogen-bond acceptors (Lipinski definition) is 6. The quantitative estimate of drug-likeness (QED) is 0.836. The number of carbonyl (C=O) groups is 1. The number of benzene rings is 1. The first-order valence-corrected chi connectivity index (χ1v) is 9.50. The van der Waals surface area contributed by atoms with Crippen LogP contribution in [0.2, 0.25) is 0 Å². The van der Waals surface area contributed by atoms with Crippen molar-refractivity contribution in [3.8, 4) is 11.4 Å². The van der Waals surface area contributed by atoms with Gasteiger partial charge in [0, 0.05) is 19.2 Å². The predicted molar refractivity (Wildman–Crippen MR) is 99.7 cm³/mol. The van der Waals surface area contributed by atoms with E-state index >= 15 is 0 Å². The minimum Gasteiger partial charge on any atom is -0.507 e. The molecule has 1 saturated heterocycles. The van der Waals surface area contributed by atoms with Crippen molar-refractivity contribution in [1.82, 2.24) is 25.1 Å². The van der Waals surface area contributed by atoms with E-state index in [1.165, 1.54) is 17.1 Å². The average Bonchev–Trinajstić information content (AvgIpc) is 3.20. The van der Waals surface area contributed by atoms with Gasteiger partial charge in [0.1, 0.15) is 12.1 Å². The number of unbranched alkanes of at least 4 members (excludes halogenated alkanes) is 1. The fraction of sp³-hybridized carbons (Fsp3) is 0.579. The second kappa shape index (κ2) is 8.47. The van der Waals surface area contributed by atoms with E-state index in [2.05, 4.69) is 36.3 Å². The van der Waals surface area contributed by atoms with Gasteiger partial charge in [0.25, 0.3) is 5.91 Å². The van der Waals surface area contributed by atoms with Gasteiger partial charge in [-0.3, -0.25) is 4.79 Å². The Morgan fingerprint density at radius 2 is 2.19 bits per heavy atom. The number of ether oxygens (including phenoxy) is 1. The normalized spacial score (nSPS) is 20.2. The summed E-state index contributed by atoms with van der Waals surface area (Å²) in [6.45, 7) is 7.45. The Labute approximate surface area is 159 Å². The molecule has 1 aliphatic heterocycles. The zero-order chi connectivity index (χ0) is 19.4. The van der Waals surface area contributed by atoms with E-state index in [1.807, 2.05) is 0 Å². The number of phenols is 1. The first-order chi connectivity index (χ1) is 13.0. The molecule has 2 aromatic rings. The van der Waals surface area contributed by atoms with Crippen molar-refractivity contribution in [2.45, 2.75) is 52.2 Å². The van der Waals surface area contributed by atoms with Crippen LogP contribution in [0.15, 0.2) is 24.5 Å². The summed E-state index contributed by atoms with van der Waals surface area (Å²) in [7, 11) is 0. The maximum atomic E-state index is 13.1. The van der Waals surface area contributed by atoms with Gasteiger partial charge >= 0.3 is 0 Å². The molecule has 1 fully saturated rings. The zero-order valence-electron chi connectivity index (χ0n) is 16.1. The number of nitrogens with zero attached hydrogens (tertiary/aromatic N) is 5. The summed E-state index contributed by atoms with van der Waals surface area (Å²) in [4.78, 5) is 14.9. The van der Waals surface area contributed by atoms with Crippen LogP contribution in [0, 0.1) is 5.92 Å². The van der Waals surface area contributed by atoms with Crippen LogP contribution in [0.4, 0.5) is 0 Å². The third kappa shape index (κ3) is 4.44. The molecular weight excluding hydrogens is 346 g/mol. The van der Waals surface area contributed by atoms with E-state index in [0.717, 1.165) is 19.3 Å². The molecule has 8 nitrogen and oxygen atoms in total. The highest BCUT2D eigenvalue weighted by Gasteiger charge is 2.33. The van der Waals surface area contributed by atoms with Crippen molar-refractivity contribution in [2.75, 3.05) is 13.1 Å². The lowest BCUT2D eigenvalue weighted by atomic mass is 10.0. The average molecular weight is 373 g/mol. The smallest absolute Gasteiger partial charge is 0.257 e. The maximum Gasteiger partial charge on any atom is 0.257 e. The SMILES string of the molecule is CCCC[C@@H]1CN(C(=O)c2ccc(-n3cnnn3)cc2O)C[C@H](C(C)C)O1. The van der Waals surface area contributed by atoms with E-state index in [1.54, 1.807) is 17.0 Å². The van der Waals surface area contributed by atoms with E-state index in [4.69, 9.17) is 4.74 Å². The second-order valence-electron chi connectivity index (χ2n) is 7.35. The molecule has 1 aromatic carbocycles. The zero-order valence-corrected chi connectivity index (χ0v) is 16.1. The van der Waals surface area contributed by atoms with Gasteiger partial charge in [0.2, 0.25) is 0 Å². The molecule has 2 heterocycles. The van der Waals surface area contributed by atoms with Crippen molar-refractivity contribution in [3.05, 3.63) is 30.1 Å². The number of tetrazole rings is 1. The standard InChI is InChI=1S/C19H27N5O3/c1-4-5-6-15-10-23(11-18(27-15)13(2)3)19(26)16-8-7-14(9-17(16)25)24-12-20-21-22-24/h7-9,12-13,15,18,25H,4-6,10-11H2,1-3H3/t15-,18-/m1/s1. The monoisotopic (exact) mass is 373 g/mol. The highest BCUT2D eigenvalue weighted by atomic mass is 16.5. The van der Waals surface area contributed by atoms with Crippen LogP contribution in [0.3, 0.4) is 0 Å². The van der Waals surface area contributed by atoms with E-state index in [-0.39, 0.29) is 29.4 Å². The Balaban J connectivity index is 1.78.